The van der Waals surface area contributed by atoms with Crippen molar-refractivity contribution in [1.82, 2.24) is 0 Å². The lowest BCUT2D eigenvalue weighted by Crippen LogP contribution is -2.66. The number of hydrogen-bond donors (Lipinski definition) is 1. The Morgan fingerprint density at radius 2 is 2.04 bits per heavy atom. The van der Waals surface area contributed by atoms with Crippen molar-refractivity contribution in [2.24, 2.45) is 10.8 Å². The zero-order valence-electron chi connectivity index (χ0n) is 15.6. The van der Waals surface area contributed by atoms with Crippen LogP contribution in [0.1, 0.15) is 40.5 Å². The van der Waals surface area contributed by atoms with Gasteiger partial charge >= 0.3 is 11.9 Å². The molecule has 0 radical (unpaired) electrons. The Labute approximate surface area is 152 Å². The number of allylic oxidation sites excluding steroid dienone is 1. The Morgan fingerprint density at radius 1 is 1.35 bits per heavy atom. The first-order chi connectivity index (χ1) is 12.2. The molecule has 2 aliphatic heterocycles. The summed E-state index contributed by atoms with van der Waals surface area (Å²) >= 11 is 0. The smallest absolute Gasteiger partial charge is 0.303 e. The second kappa shape index (κ2) is 5.53. The molecule has 2 bridgehead atoms. The van der Waals surface area contributed by atoms with Crippen LogP contribution in [0.25, 0.3) is 0 Å². The Hall–Kier alpha value is -1.44. The number of fused-ring (bicyclic) bond motifs is 2. The third kappa shape index (κ3) is 2.05. The van der Waals surface area contributed by atoms with Crippen molar-refractivity contribution < 1.29 is 33.6 Å². The van der Waals surface area contributed by atoms with Gasteiger partial charge in [0, 0.05) is 24.7 Å². The minimum atomic E-state index is -0.966. The van der Waals surface area contributed by atoms with Crippen molar-refractivity contribution in [3.8, 4) is 0 Å². The molecule has 3 fully saturated rings. The van der Waals surface area contributed by atoms with Crippen LogP contribution in [0.15, 0.2) is 11.6 Å². The Kier molecular flexibility index (Phi) is 3.82. The molecule has 144 valence electrons. The van der Waals surface area contributed by atoms with Crippen LogP contribution in [0.3, 0.4) is 0 Å². The van der Waals surface area contributed by atoms with Crippen LogP contribution < -0.4 is 0 Å². The fourth-order valence-electron chi connectivity index (χ4n) is 5.55. The molecular weight excluding hydrogens is 340 g/mol. The first-order valence-electron chi connectivity index (χ1n) is 9.13. The van der Waals surface area contributed by atoms with E-state index in [2.05, 4.69) is 6.08 Å². The maximum Gasteiger partial charge on any atom is 0.303 e. The van der Waals surface area contributed by atoms with Crippen molar-refractivity contribution >= 4 is 11.9 Å². The molecule has 0 aromatic heterocycles. The van der Waals surface area contributed by atoms with Gasteiger partial charge in [0.1, 0.15) is 24.4 Å². The summed E-state index contributed by atoms with van der Waals surface area (Å²) in [5.41, 5.74) is -0.926. The van der Waals surface area contributed by atoms with E-state index in [1.54, 1.807) is 0 Å². The lowest BCUT2D eigenvalue weighted by Gasteiger charge is -2.57. The van der Waals surface area contributed by atoms with Gasteiger partial charge in [-0.3, -0.25) is 9.59 Å². The number of aliphatic hydroxyl groups excluding tert-OH is 1. The van der Waals surface area contributed by atoms with Crippen molar-refractivity contribution in [3.63, 3.8) is 0 Å². The van der Waals surface area contributed by atoms with Crippen molar-refractivity contribution in [3.05, 3.63) is 11.6 Å². The molecule has 7 heteroatoms. The average molecular weight is 366 g/mol. The summed E-state index contributed by atoms with van der Waals surface area (Å²) in [6, 6.07) is 0. The van der Waals surface area contributed by atoms with Crippen LogP contribution in [-0.2, 0) is 28.5 Å². The highest BCUT2D eigenvalue weighted by Crippen LogP contribution is 2.71. The lowest BCUT2D eigenvalue weighted by atomic mass is 9.51. The van der Waals surface area contributed by atoms with E-state index < -0.39 is 40.7 Å². The highest BCUT2D eigenvalue weighted by molar-refractivity contribution is 5.67. The topological polar surface area (TPSA) is 94.6 Å². The first kappa shape index (κ1) is 17.9. The Morgan fingerprint density at radius 3 is 2.62 bits per heavy atom. The second-order valence-electron chi connectivity index (χ2n) is 8.33. The minimum Gasteiger partial charge on any atom is -0.465 e. The van der Waals surface area contributed by atoms with Gasteiger partial charge in [0.05, 0.1) is 12.7 Å². The number of hydrogen-bond acceptors (Lipinski definition) is 7. The van der Waals surface area contributed by atoms with E-state index in [0.717, 1.165) is 6.42 Å². The predicted molar refractivity (Wildman–Crippen MR) is 89.1 cm³/mol. The van der Waals surface area contributed by atoms with Crippen LogP contribution in [0.2, 0.25) is 0 Å². The van der Waals surface area contributed by atoms with Crippen LogP contribution >= 0.6 is 0 Å². The lowest BCUT2D eigenvalue weighted by molar-refractivity contribution is -0.231. The Balaban J connectivity index is 1.83. The summed E-state index contributed by atoms with van der Waals surface area (Å²) in [5, 5.41) is 11.3. The monoisotopic (exact) mass is 366 g/mol. The van der Waals surface area contributed by atoms with Crippen LogP contribution in [0.4, 0.5) is 0 Å². The average Bonchev–Trinajstić information content (AvgIpc) is 3.34. The molecule has 7 nitrogen and oxygen atoms in total. The van der Waals surface area contributed by atoms with Gasteiger partial charge in [0.2, 0.25) is 0 Å². The third-order valence-corrected chi connectivity index (χ3v) is 7.10. The summed E-state index contributed by atoms with van der Waals surface area (Å²) in [4.78, 5) is 23.2. The van der Waals surface area contributed by atoms with Gasteiger partial charge in [-0.05, 0) is 19.8 Å². The molecule has 0 amide bonds. The fraction of sp³-hybridized carbons (Fsp3) is 0.789. The third-order valence-electron chi connectivity index (χ3n) is 7.10. The summed E-state index contributed by atoms with van der Waals surface area (Å²) in [6.45, 7) is 7.27. The zero-order chi connectivity index (χ0) is 18.9. The first-order valence-corrected chi connectivity index (χ1v) is 9.13. The summed E-state index contributed by atoms with van der Waals surface area (Å²) in [5.74, 6) is -0.835. The van der Waals surface area contributed by atoms with E-state index in [4.69, 9.17) is 18.9 Å². The normalized spacial score (nSPS) is 48.6. The molecular formula is C19H26O7. The van der Waals surface area contributed by atoms with Crippen molar-refractivity contribution in [2.75, 3.05) is 13.2 Å². The van der Waals surface area contributed by atoms with Gasteiger partial charge in [-0.25, -0.2) is 0 Å². The summed E-state index contributed by atoms with van der Waals surface area (Å²) in [7, 11) is 0. The van der Waals surface area contributed by atoms with Gasteiger partial charge in [-0.2, -0.15) is 0 Å². The maximum absolute atomic E-state index is 11.6. The number of ether oxygens (including phenoxy) is 4. The molecule has 2 aliphatic carbocycles. The summed E-state index contributed by atoms with van der Waals surface area (Å²) < 4.78 is 23.2. The van der Waals surface area contributed by atoms with E-state index in [-0.39, 0.29) is 18.7 Å². The molecule has 4 aliphatic rings. The quantitative estimate of drug-likeness (QED) is 0.454. The number of esters is 2. The molecule has 2 saturated heterocycles. The number of carbonyl (C=O) groups excluding carboxylic acids is 2. The van der Waals surface area contributed by atoms with Crippen LogP contribution in [0.5, 0.6) is 0 Å². The standard InChI is InChI=1S/C19H26O7/c1-10-5-6-18(8-23-11(2)20)13(7-10)26-16-14(25-12(3)21)15(22)17(18,4)19(16)9-24-19/h7,13-16,22H,5-6,8-9H2,1-4H3/t13?,14?,15-,16-,17-,18-,19+/m1/s1. The van der Waals surface area contributed by atoms with Gasteiger partial charge in [0.25, 0.3) is 0 Å². The molecule has 7 atom stereocenters. The molecule has 2 unspecified atom stereocenters. The highest BCUT2D eigenvalue weighted by Gasteiger charge is 2.85. The number of rotatable bonds is 3. The van der Waals surface area contributed by atoms with Crippen molar-refractivity contribution in [2.45, 2.75) is 70.6 Å². The van der Waals surface area contributed by atoms with Crippen LogP contribution in [-0.4, -0.2) is 60.3 Å². The molecule has 4 rings (SSSR count). The number of epoxide rings is 1. The molecule has 0 aromatic carbocycles. The van der Waals surface area contributed by atoms with E-state index in [0.29, 0.717) is 13.0 Å². The predicted octanol–water partition coefficient (Wildman–Crippen LogP) is 1.12. The van der Waals surface area contributed by atoms with Gasteiger partial charge < -0.3 is 24.1 Å². The highest BCUT2D eigenvalue weighted by atomic mass is 16.7. The van der Waals surface area contributed by atoms with E-state index in [1.165, 1.54) is 19.4 Å². The van der Waals surface area contributed by atoms with Gasteiger partial charge in [-0.15, -0.1) is 0 Å². The molecule has 2 heterocycles. The van der Waals surface area contributed by atoms with Gasteiger partial charge in [0.15, 0.2) is 6.10 Å². The number of aliphatic hydroxyl groups is 1. The molecule has 1 spiro atoms. The van der Waals surface area contributed by atoms with Crippen LogP contribution in [0, 0.1) is 10.8 Å². The second-order valence-corrected chi connectivity index (χ2v) is 8.33. The van der Waals surface area contributed by atoms with E-state index >= 15 is 0 Å². The molecule has 0 aromatic rings. The molecule has 26 heavy (non-hydrogen) atoms. The zero-order valence-corrected chi connectivity index (χ0v) is 15.6. The molecule has 1 N–H and O–H groups in total. The Bertz CT molecular complexity index is 681. The van der Waals surface area contributed by atoms with Crippen molar-refractivity contribution in [1.29, 1.82) is 0 Å². The van der Waals surface area contributed by atoms with E-state index in [9.17, 15) is 14.7 Å². The minimum absolute atomic E-state index is 0.134. The maximum atomic E-state index is 11.6. The van der Waals surface area contributed by atoms with Gasteiger partial charge in [-0.1, -0.05) is 18.6 Å². The van der Waals surface area contributed by atoms with E-state index in [1.807, 2.05) is 13.8 Å². The SMILES string of the molecule is CC(=O)OC[C@]12CCC(C)=CC1O[C@@H]1C(OC(C)=O)[C@@H](O)[C@@]2(C)[C@]12CO2. The largest absolute Gasteiger partial charge is 0.465 e. The molecule has 1 saturated carbocycles. The fourth-order valence-corrected chi connectivity index (χ4v) is 5.55. The summed E-state index contributed by atoms with van der Waals surface area (Å²) in [6.07, 6.45) is 0.934. The number of carbonyl (C=O) groups is 2.